The van der Waals surface area contributed by atoms with Gasteiger partial charge >= 0.3 is 0 Å². The molecule has 2 aromatic heterocycles. The summed E-state index contributed by atoms with van der Waals surface area (Å²) >= 11 is 1.66. The number of hydrogen-bond acceptors (Lipinski definition) is 6. The molecule has 2 aromatic rings. The Hall–Kier alpha value is -1.40. The molecular weight excluding hydrogens is 282 g/mol. The standard InChI is InChI=1S/C15H25N5S/c1-4-6-7-11(5-2)9-17-13-12-8-10(3)21-14(12)19-15(18-13)20-16/h8,11H,4-7,9,16H2,1-3H3,(H2,17,18,19,20). The van der Waals surface area contributed by atoms with Gasteiger partial charge in [0, 0.05) is 11.4 Å². The van der Waals surface area contributed by atoms with E-state index in [0.717, 1.165) is 22.6 Å². The van der Waals surface area contributed by atoms with E-state index in [1.54, 1.807) is 11.3 Å². The number of thiophene rings is 1. The lowest BCUT2D eigenvalue weighted by Gasteiger charge is -2.16. The molecule has 0 amide bonds. The Morgan fingerprint density at radius 2 is 2.14 bits per heavy atom. The predicted molar refractivity (Wildman–Crippen MR) is 91.8 cm³/mol. The molecule has 21 heavy (non-hydrogen) atoms. The average molecular weight is 307 g/mol. The zero-order chi connectivity index (χ0) is 15.2. The summed E-state index contributed by atoms with van der Waals surface area (Å²) in [5.74, 6) is 7.50. The Morgan fingerprint density at radius 3 is 2.81 bits per heavy atom. The third kappa shape index (κ3) is 4.04. The molecule has 0 saturated carbocycles. The number of rotatable bonds is 8. The van der Waals surface area contributed by atoms with Gasteiger partial charge in [-0.3, -0.25) is 5.43 Å². The molecule has 5 nitrogen and oxygen atoms in total. The van der Waals surface area contributed by atoms with Crippen LogP contribution in [0.15, 0.2) is 6.07 Å². The third-order valence-corrected chi connectivity index (χ3v) is 4.69. The molecule has 0 bridgehead atoms. The minimum absolute atomic E-state index is 0.466. The minimum atomic E-state index is 0.466. The van der Waals surface area contributed by atoms with E-state index in [4.69, 9.17) is 5.84 Å². The van der Waals surface area contributed by atoms with Gasteiger partial charge in [-0.1, -0.05) is 33.1 Å². The summed E-state index contributed by atoms with van der Waals surface area (Å²) in [4.78, 5) is 11.1. The summed E-state index contributed by atoms with van der Waals surface area (Å²) in [5, 5.41) is 4.58. The maximum Gasteiger partial charge on any atom is 0.240 e. The number of anilines is 2. The van der Waals surface area contributed by atoms with Crippen molar-refractivity contribution in [1.29, 1.82) is 0 Å². The van der Waals surface area contributed by atoms with Crippen LogP contribution in [0, 0.1) is 12.8 Å². The van der Waals surface area contributed by atoms with Crippen molar-refractivity contribution in [3.8, 4) is 0 Å². The zero-order valence-electron chi connectivity index (χ0n) is 13.1. The largest absolute Gasteiger partial charge is 0.369 e. The lowest BCUT2D eigenvalue weighted by Crippen LogP contribution is -2.16. The van der Waals surface area contributed by atoms with Gasteiger partial charge in [-0.25, -0.2) is 10.8 Å². The predicted octanol–water partition coefficient (Wildman–Crippen LogP) is 3.91. The van der Waals surface area contributed by atoms with Crippen molar-refractivity contribution in [3.63, 3.8) is 0 Å². The van der Waals surface area contributed by atoms with Crippen molar-refractivity contribution in [1.82, 2.24) is 9.97 Å². The molecule has 0 aliphatic rings. The summed E-state index contributed by atoms with van der Waals surface area (Å²) in [5.41, 5.74) is 2.55. The van der Waals surface area contributed by atoms with Gasteiger partial charge < -0.3 is 5.32 Å². The average Bonchev–Trinajstić information content (AvgIpc) is 2.87. The lowest BCUT2D eigenvalue weighted by molar-refractivity contribution is 0.472. The number of aryl methyl sites for hydroxylation is 1. The van der Waals surface area contributed by atoms with Gasteiger partial charge in [-0.2, -0.15) is 4.98 Å². The molecule has 0 aromatic carbocycles. The van der Waals surface area contributed by atoms with Crippen molar-refractivity contribution in [3.05, 3.63) is 10.9 Å². The molecule has 0 fully saturated rings. The van der Waals surface area contributed by atoms with E-state index in [0.29, 0.717) is 11.9 Å². The number of nitrogens with zero attached hydrogens (tertiary/aromatic N) is 2. The Morgan fingerprint density at radius 1 is 1.33 bits per heavy atom. The van der Waals surface area contributed by atoms with Crippen molar-refractivity contribution in [2.45, 2.75) is 46.5 Å². The first-order valence-corrected chi connectivity index (χ1v) is 8.48. The molecule has 0 aliphatic carbocycles. The molecule has 6 heteroatoms. The van der Waals surface area contributed by atoms with Crippen molar-refractivity contribution < 1.29 is 0 Å². The summed E-state index contributed by atoms with van der Waals surface area (Å²) < 4.78 is 0. The van der Waals surface area contributed by atoms with E-state index >= 15 is 0 Å². The highest BCUT2D eigenvalue weighted by atomic mass is 32.1. The SMILES string of the molecule is CCCCC(CC)CNc1nc(NN)nc2sc(C)cc12. The fourth-order valence-corrected chi connectivity index (χ4v) is 3.31. The molecule has 0 spiro atoms. The van der Waals surface area contributed by atoms with Crippen LogP contribution in [0.5, 0.6) is 0 Å². The lowest BCUT2D eigenvalue weighted by atomic mass is 9.99. The molecule has 0 aliphatic heterocycles. The quantitative estimate of drug-likeness (QED) is 0.509. The number of fused-ring (bicyclic) bond motifs is 1. The molecule has 116 valence electrons. The number of nitrogens with one attached hydrogen (secondary N) is 2. The second-order valence-electron chi connectivity index (χ2n) is 5.41. The highest BCUT2D eigenvalue weighted by molar-refractivity contribution is 7.18. The molecule has 2 heterocycles. The summed E-state index contributed by atoms with van der Waals surface area (Å²) in [7, 11) is 0. The van der Waals surface area contributed by atoms with E-state index < -0.39 is 0 Å². The normalized spacial score (nSPS) is 12.6. The Balaban J connectivity index is 2.16. The number of hydrazine groups is 1. The van der Waals surface area contributed by atoms with Gasteiger partial charge in [0.15, 0.2) is 0 Å². The number of aromatic nitrogens is 2. The fourth-order valence-electron chi connectivity index (χ4n) is 2.43. The van der Waals surface area contributed by atoms with Crippen LogP contribution in [0.2, 0.25) is 0 Å². The highest BCUT2D eigenvalue weighted by Gasteiger charge is 2.12. The van der Waals surface area contributed by atoms with Gasteiger partial charge in [-0.15, -0.1) is 11.3 Å². The number of nitrogens with two attached hydrogens (primary N) is 1. The Kier molecular flexibility index (Phi) is 5.76. The third-order valence-electron chi connectivity index (χ3n) is 3.75. The van der Waals surface area contributed by atoms with Gasteiger partial charge in [0.1, 0.15) is 10.6 Å². The van der Waals surface area contributed by atoms with E-state index in [9.17, 15) is 0 Å². The van der Waals surface area contributed by atoms with Crippen LogP contribution >= 0.6 is 11.3 Å². The second kappa shape index (κ2) is 7.56. The van der Waals surface area contributed by atoms with Crippen LogP contribution in [0.3, 0.4) is 0 Å². The molecule has 1 atom stereocenters. The Labute approximate surface area is 130 Å². The number of hydrogen-bond donors (Lipinski definition) is 3. The van der Waals surface area contributed by atoms with Crippen molar-refractivity contribution in [2.75, 3.05) is 17.3 Å². The van der Waals surface area contributed by atoms with Crippen LogP contribution < -0.4 is 16.6 Å². The van der Waals surface area contributed by atoms with Crippen LogP contribution in [0.4, 0.5) is 11.8 Å². The maximum atomic E-state index is 5.47. The molecule has 0 radical (unpaired) electrons. The van der Waals surface area contributed by atoms with E-state index in [2.05, 4.69) is 47.5 Å². The first-order valence-electron chi connectivity index (χ1n) is 7.66. The molecule has 0 saturated heterocycles. The number of unbranched alkanes of at least 4 members (excludes halogenated alkanes) is 1. The van der Waals surface area contributed by atoms with Crippen LogP contribution in [0.1, 0.15) is 44.4 Å². The number of nitrogen functional groups attached to an aromatic ring is 1. The maximum absolute atomic E-state index is 5.47. The summed E-state index contributed by atoms with van der Waals surface area (Å²) in [6, 6.07) is 2.13. The smallest absolute Gasteiger partial charge is 0.240 e. The van der Waals surface area contributed by atoms with Crippen LogP contribution in [-0.4, -0.2) is 16.5 Å². The molecule has 1 unspecified atom stereocenters. The molecular formula is C15H25N5S. The van der Waals surface area contributed by atoms with Gasteiger partial charge in [0.05, 0.1) is 5.39 Å². The minimum Gasteiger partial charge on any atom is -0.369 e. The molecule has 4 N–H and O–H groups in total. The Bertz CT molecular complexity index is 581. The first kappa shape index (κ1) is 16.0. The van der Waals surface area contributed by atoms with Gasteiger partial charge in [0.25, 0.3) is 0 Å². The fraction of sp³-hybridized carbons (Fsp3) is 0.600. The van der Waals surface area contributed by atoms with Crippen molar-refractivity contribution >= 4 is 33.3 Å². The summed E-state index contributed by atoms with van der Waals surface area (Å²) in [6.07, 6.45) is 4.98. The van der Waals surface area contributed by atoms with Gasteiger partial charge in [0.2, 0.25) is 5.95 Å². The van der Waals surface area contributed by atoms with E-state index in [-0.39, 0.29) is 0 Å². The monoisotopic (exact) mass is 307 g/mol. The highest BCUT2D eigenvalue weighted by Crippen LogP contribution is 2.29. The van der Waals surface area contributed by atoms with Crippen LogP contribution in [-0.2, 0) is 0 Å². The van der Waals surface area contributed by atoms with E-state index in [1.807, 2.05) is 0 Å². The summed E-state index contributed by atoms with van der Waals surface area (Å²) in [6.45, 7) is 7.52. The van der Waals surface area contributed by atoms with Crippen LogP contribution in [0.25, 0.3) is 10.2 Å². The van der Waals surface area contributed by atoms with Gasteiger partial charge in [-0.05, 0) is 25.3 Å². The topological polar surface area (TPSA) is 75.9 Å². The zero-order valence-corrected chi connectivity index (χ0v) is 13.9. The second-order valence-corrected chi connectivity index (χ2v) is 6.65. The first-order chi connectivity index (χ1) is 10.2. The van der Waals surface area contributed by atoms with E-state index in [1.165, 1.54) is 30.6 Å². The van der Waals surface area contributed by atoms with Crippen molar-refractivity contribution in [2.24, 2.45) is 11.8 Å². The molecule has 2 rings (SSSR count).